The summed E-state index contributed by atoms with van der Waals surface area (Å²) in [6.07, 6.45) is 3.54. The number of carbonyl (C=O) groups is 1. The number of aryl methyl sites for hydroxylation is 1. The van der Waals surface area contributed by atoms with Gasteiger partial charge in [0, 0.05) is 12.7 Å². The van der Waals surface area contributed by atoms with Gasteiger partial charge in [-0.3, -0.25) is 4.79 Å². The Balaban J connectivity index is 1.97. The lowest BCUT2D eigenvalue weighted by molar-refractivity contribution is -0.113. The van der Waals surface area contributed by atoms with Crippen LogP contribution in [0.25, 0.3) is 0 Å². The first-order valence-electron chi connectivity index (χ1n) is 7.66. The number of likely N-dealkylation sites (N-methyl/N-ethyl adjacent to an activating group) is 1. The van der Waals surface area contributed by atoms with Crippen molar-refractivity contribution in [1.29, 1.82) is 0 Å². The minimum Gasteiger partial charge on any atom is -0.463 e. The predicted molar refractivity (Wildman–Crippen MR) is 94.5 cm³/mol. The maximum Gasteiger partial charge on any atom is 0.345 e. The first kappa shape index (κ1) is 17.0. The third-order valence-corrected chi connectivity index (χ3v) is 5.14. The van der Waals surface area contributed by atoms with E-state index in [1.165, 1.54) is 19.4 Å². The minimum absolute atomic E-state index is 0.0349. The number of para-hydroxylation sites is 1. The number of nitrogens with zero attached hydrogens (tertiary/aromatic N) is 2. The van der Waals surface area contributed by atoms with Gasteiger partial charge in [-0.05, 0) is 36.3 Å². The van der Waals surface area contributed by atoms with Gasteiger partial charge >= 0.3 is 10.2 Å². The molecule has 25 heavy (non-hydrogen) atoms. The van der Waals surface area contributed by atoms with E-state index in [0.717, 1.165) is 16.3 Å². The van der Waals surface area contributed by atoms with Gasteiger partial charge < -0.3 is 9.73 Å². The fourth-order valence-electron chi connectivity index (χ4n) is 2.44. The molecular formula is C17H17N3O4S. The highest BCUT2D eigenvalue weighted by atomic mass is 32.2. The van der Waals surface area contributed by atoms with Crippen LogP contribution in [0.1, 0.15) is 18.2 Å². The van der Waals surface area contributed by atoms with Crippen LogP contribution >= 0.6 is 0 Å². The summed E-state index contributed by atoms with van der Waals surface area (Å²) in [5, 5.41) is 2.77. The zero-order chi connectivity index (χ0) is 18.0. The number of allylic oxidation sites excluding steroid dienone is 1. The lowest BCUT2D eigenvalue weighted by atomic mass is 10.1. The first-order valence-corrected chi connectivity index (χ1v) is 9.05. The Morgan fingerprint density at radius 1 is 1.24 bits per heavy atom. The highest BCUT2D eigenvalue weighted by Gasteiger charge is 2.30. The quantitative estimate of drug-likeness (QED) is 0.907. The largest absolute Gasteiger partial charge is 0.463 e. The topological polar surface area (TPSA) is 92.0 Å². The fourth-order valence-corrected chi connectivity index (χ4v) is 3.34. The van der Waals surface area contributed by atoms with Crippen molar-refractivity contribution in [2.45, 2.75) is 13.3 Å². The standard InChI is InChI=1S/C17H17N3O4S/c1-3-12-7-4-5-8-13(12)18-17(21)15-11-14(16-9-6-10-24-16)19-25(22,23)20(15)2/h4-11H,3H2,1-2H3,(H,18,21). The second kappa shape index (κ2) is 6.56. The molecule has 0 saturated carbocycles. The summed E-state index contributed by atoms with van der Waals surface area (Å²) < 4.78 is 34.2. The summed E-state index contributed by atoms with van der Waals surface area (Å²) in [5.74, 6) is -0.262. The molecule has 0 atom stereocenters. The molecule has 0 spiro atoms. The van der Waals surface area contributed by atoms with Crippen LogP contribution in [-0.2, 0) is 21.4 Å². The zero-order valence-corrected chi connectivity index (χ0v) is 14.6. The van der Waals surface area contributed by atoms with Crippen molar-refractivity contribution >= 4 is 27.5 Å². The molecule has 7 nitrogen and oxygen atoms in total. The maximum absolute atomic E-state index is 12.7. The van der Waals surface area contributed by atoms with Gasteiger partial charge in [0.2, 0.25) is 0 Å². The number of hydrogen-bond acceptors (Lipinski definition) is 4. The van der Waals surface area contributed by atoms with E-state index < -0.39 is 16.1 Å². The Kier molecular flexibility index (Phi) is 4.45. The molecule has 0 fully saturated rings. The molecule has 2 heterocycles. The molecular weight excluding hydrogens is 342 g/mol. The molecule has 130 valence electrons. The summed E-state index contributed by atoms with van der Waals surface area (Å²) in [7, 11) is -2.72. The number of anilines is 1. The van der Waals surface area contributed by atoms with Crippen LogP contribution in [-0.4, -0.2) is 31.4 Å². The normalized spacial score (nSPS) is 16.2. The summed E-state index contributed by atoms with van der Waals surface area (Å²) in [6.45, 7) is 1.98. The maximum atomic E-state index is 12.7. The van der Waals surface area contributed by atoms with Gasteiger partial charge in [-0.1, -0.05) is 25.1 Å². The Bertz CT molecular complexity index is 960. The molecule has 3 rings (SSSR count). The van der Waals surface area contributed by atoms with Gasteiger partial charge in [0.25, 0.3) is 5.91 Å². The van der Waals surface area contributed by atoms with Crippen molar-refractivity contribution in [3.05, 3.63) is 65.8 Å². The number of rotatable bonds is 4. The summed E-state index contributed by atoms with van der Waals surface area (Å²) in [6, 6.07) is 10.6. The first-order chi connectivity index (χ1) is 11.9. The van der Waals surface area contributed by atoms with Crippen molar-refractivity contribution in [3.63, 3.8) is 0 Å². The monoisotopic (exact) mass is 359 g/mol. The number of benzene rings is 1. The lowest BCUT2D eigenvalue weighted by Gasteiger charge is -2.23. The van der Waals surface area contributed by atoms with E-state index in [9.17, 15) is 13.2 Å². The van der Waals surface area contributed by atoms with Gasteiger partial charge in [0.15, 0.2) is 5.76 Å². The van der Waals surface area contributed by atoms with E-state index in [2.05, 4.69) is 9.71 Å². The molecule has 0 saturated heterocycles. The van der Waals surface area contributed by atoms with E-state index >= 15 is 0 Å². The van der Waals surface area contributed by atoms with E-state index in [4.69, 9.17) is 4.42 Å². The molecule has 1 aromatic heterocycles. The average Bonchev–Trinajstić information content (AvgIpc) is 3.12. The van der Waals surface area contributed by atoms with E-state index in [1.54, 1.807) is 24.3 Å². The Hall–Kier alpha value is -2.87. The number of furan rings is 1. The molecule has 1 aliphatic heterocycles. The van der Waals surface area contributed by atoms with E-state index in [-0.39, 0.29) is 17.2 Å². The Morgan fingerprint density at radius 3 is 2.68 bits per heavy atom. The third-order valence-electron chi connectivity index (χ3n) is 3.83. The van der Waals surface area contributed by atoms with Gasteiger partial charge in [-0.2, -0.15) is 8.42 Å². The average molecular weight is 359 g/mol. The summed E-state index contributed by atoms with van der Waals surface area (Å²) in [5.41, 5.74) is 1.64. The summed E-state index contributed by atoms with van der Waals surface area (Å²) in [4.78, 5) is 12.7. The van der Waals surface area contributed by atoms with Gasteiger partial charge in [-0.25, -0.2) is 4.31 Å². The minimum atomic E-state index is -4.01. The molecule has 1 aromatic carbocycles. The zero-order valence-electron chi connectivity index (χ0n) is 13.8. The number of nitrogens with one attached hydrogen (secondary N) is 1. The van der Waals surface area contributed by atoms with E-state index in [0.29, 0.717) is 5.69 Å². The van der Waals surface area contributed by atoms with Gasteiger partial charge in [0.05, 0.1) is 6.26 Å². The van der Waals surface area contributed by atoms with Crippen LogP contribution < -0.4 is 5.32 Å². The molecule has 1 amide bonds. The summed E-state index contributed by atoms with van der Waals surface area (Å²) >= 11 is 0. The SMILES string of the molecule is CCc1ccccc1NC(=O)C1=CC(c2ccco2)=NS(=O)(=O)N1C. The second-order valence-electron chi connectivity index (χ2n) is 5.39. The van der Waals surface area contributed by atoms with Crippen LogP contribution in [0.5, 0.6) is 0 Å². The molecule has 0 aliphatic carbocycles. The smallest absolute Gasteiger partial charge is 0.345 e. The van der Waals surface area contributed by atoms with Gasteiger partial charge in [-0.15, -0.1) is 4.40 Å². The van der Waals surface area contributed by atoms with Crippen molar-refractivity contribution in [2.75, 3.05) is 12.4 Å². The van der Waals surface area contributed by atoms with Crippen molar-refractivity contribution in [2.24, 2.45) is 4.40 Å². The number of amides is 1. The fraction of sp³-hybridized carbons (Fsp3) is 0.176. The molecule has 1 N–H and O–H groups in total. The van der Waals surface area contributed by atoms with Crippen LogP contribution in [0.15, 0.2) is 63.2 Å². The Morgan fingerprint density at radius 2 is 2.00 bits per heavy atom. The number of hydrogen-bond donors (Lipinski definition) is 1. The molecule has 1 aliphatic rings. The van der Waals surface area contributed by atoms with E-state index in [1.807, 2.05) is 19.1 Å². The molecule has 2 aromatic rings. The third kappa shape index (κ3) is 3.34. The predicted octanol–water partition coefficient (Wildman–Crippen LogP) is 2.34. The molecule has 0 radical (unpaired) electrons. The highest BCUT2D eigenvalue weighted by Crippen LogP contribution is 2.22. The highest BCUT2D eigenvalue weighted by molar-refractivity contribution is 7.88. The van der Waals surface area contributed by atoms with Crippen LogP contribution in [0.4, 0.5) is 5.69 Å². The van der Waals surface area contributed by atoms with Crippen molar-refractivity contribution < 1.29 is 17.6 Å². The second-order valence-corrected chi connectivity index (χ2v) is 7.02. The van der Waals surface area contributed by atoms with Crippen molar-refractivity contribution in [3.8, 4) is 0 Å². The molecule has 0 unspecified atom stereocenters. The lowest BCUT2D eigenvalue weighted by Crippen LogP contribution is -2.35. The van der Waals surface area contributed by atoms with Gasteiger partial charge in [0.1, 0.15) is 11.4 Å². The van der Waals surface area contributed by atoms with Crippen molar-refractivity contribution in [1.82, 2.24) is 4.31 Å². The molecule has 8 heteroatoms. The Labute approximate surface area is 145 Å². The number of carbonyl (C=O) groups excluding carboxylic acids is 1. The van der Waals surface area contributed by atoms with Crippen LogP contribution in [0, 0.1) is 0 Å². The van der Waals surface area contributed by atoms with Crippen LogP contribution in [0.2, 0.25) is 0 Å². The van der Waals surface area contributed by atoms with Crippen LogP contribution in [0.3, 0.4) is 0 Å². The molecule has 0 bridgehead atoms.